The van der Waals surface area contributed by atoms with E-state index in [1.807, 2.05) is 0 Å². The van der Waals surface area contributed by atoms with Crippen LogP contribution in [-0.4, -0.2) is 23.0 Å². The molecule has 0 aromatic heterocycles. The lowest BCUT2D eigenvalue weighted by atomic mass is 9.88. The average Bonchev–Trinajstić information content (AvgIpc) is 2.19. The van der Waals surface area contributed by atoms with Gasteiger partial charge in [-0.05, 0) is 31.9 Å². The molecule has 0 heterocycles. The maximum atomic E-state index is 9.85. The van der Waals surface area contributed by atoms with Crippen molar-refractivity contribution in [2.45, 2.75) is 50.6 Å². The standard InChI is InChI=1S/C10H21NOS/c1-8(13-2)11-10(12)9-6-4-3-5-7-9/h8-12H,3-7H2,1-2H3. The van der Waals surface area contributed by atoms with Gasteiger partial charge < -0.3 is 5.11 Å². The van der Waals surface area contributed by atoms with Gasteiger partial charge in [-0.15, -0.1) is 11.8 Å². The van der Waals surface area contributed by atoms with E-state index >= 15 is 0 Å². The lowest BCUT2D eigenvalue weighted by Crippen LogP contribution is -2.40. The molecule has 2 N–H and O–H groups in total. The van der Waals surface area contributed by atoms with E-state index in [1.54, 1.807) is 11.8 Å². The van der Waals surface area contributed by atoms with Gasteiger partial charge in [-0.25, -0.2) is 0 Å². The number of aliphatic hydroxyl groups is 1. The molecule has 0 radical (unpaired) electrons. The Kier molecular flexibility index (Phi) is 5.14. The molecule has 1 saturated carbocycles. The molecule has 2 nitrogen and oxygen atoms in total. The molecular weight excluding hydrogens is 182 g/mol. The van der Waals surface area contributed by atoms with Gasteiger partial charge in [0.15, 0.2) is 0 Å². The minimum atomic E-state index is -0.289. The lowest BCUT2D eigenvalue weighted by Gasteiger charge is -2.28. The van der Waals surface area contributed by atoms with Crippen LogP contribution in [0.25, 0.3) is 0 Å². The summed E-state index contributed by atoms with van der Waals surface area (Å²) in [4.78, 5) is 0. The SMILES string of the molecule is CSC(C)NC(O)C1CCCCC1. The second kappa shape index (κ2) is 5.89. The van der Waals surface area contributed by atoms with Crippen molar-refractivity contribution in [3.8, 4) is 0 Å². The van der Waals surface area contributed by atoms with E-state index in [1.165, 1.54) is 32.1 Å². The molecule has 2 atom stereocenters. The molecule has 0 saturated heterocycles. The summed E-state index contributed by atoms with van der Waals surface area (Å²) in [7, 11) is 0. The Hall–Kier alpha value is 0.270. The molecule has 1 rings (SSSR count). The molecule has 0 amide bonds. The van der Waals surface area contributed by atoms with Gasteiger partial charge in [-0.3, -0.25) is 5.32 Å². The van der Waals surface area contributed by atoms with E-state index in [0.717, 1.165) is 0 Å². The van der Waals surface area contributed by atoms with Crippen molar-refractivity contribution < 1.29 is 5.11 Å². The minimum absolute atomic E-state index is 0.289. The van der Waals surface area contributed by atoms with Gasteiger partial charge in [0.05, 0.1) is 5.37 Å². The highest BCUT2D eigenvalue weighted by molar-refractivity contribution is 7.99. The molecule has 0 bridgehead atoms. The fourth-order valence-corrected chi connectivity index (χ4v) is 2.17. The molecule has 0 spiro atoms. The first kappa shape index (κ1) is 11.3. The zero-order valence-electron chi connectivity index (χ0n) is 8.62. The molecule has 0 aromatic carbocycles. The Bertz CT molecular complexity index is 137. The number of hydrogen-bond acceptors (Lipinski definition) is 3. The Balaban J connectivity index is 2.24. The predicted octanol–water partition coefficient (Wildman–Crippen LogP) is 2.18. The molecular formula is C10H21NOS. The first-order valence-corrected chi connectivity index (χ1v) is 6.49. The van der Waals surface area contributed by atoms with Gasteiger partial charge >= 0.3 is 0 Å². The largest absolute Gasteiger partial charge is 0.378 e. The maximum Gasteiger partial charge on any atom is 0.108 e. The third-order valence-electron chi connectivity index (χ3n) is 2.86. The van der Waals surface area contributed by atoms with Crippen molar-refractivity contribution in [2.24, 2.45) is 5.92 Å². The Morgan fingerprint density at radius 3 is 2.46 bits per heavy atom. The molecule has 3 heteroatoms. The number of hydrogen-bond donors (Lipinski definition) is 2. The van der Waals surface area contributed by atoms with Crippen molar-refractivity contribution in [1.29, 1.82) is 0 Å². The van der Waals surface area contributed by atoms with Crippen LogP contribution >= 0.6 is 11.8 Å². The lowest BCUT2D eigenvalue weighted by molar-refractivity contribution is 0.0542. The van der Waals surface area contributed by atoms with E-state index in [-0.39, 0.29) is 6.23 Å². The molecule has 2 unspecified atom stereocenters. The first-order chi connectivity index (χ1) is 6.24. The topological polar surface area (TPSA) is 32.3 Å². The summed E-state index contributed by atoms with van der Waals surface area (Å²) in [5.74, 6) is 0.489. The van der Waals surface area contributed by atoms with E-state index in [2.05, 4.69) is 18.5 Å². The average molecular weight is 203 g/mol. The van der Waals surface area contributed by atoms with E-state index in [4.69, 9.17) is 0 Å². The van der Waals surface area contributed by atoms with Gasteiger partial charge in [0.2, 0.25) is 0 Å². The second-order valence-electron chi connectivity index (χ2n) is 3.89. The van der Waals surface area contributed by atoms with Crippen LogP contribution in [0.3, 0.4) is 0 Å². The van der Waals surface area contributed by atoms with Gasteiger partial charge in [0, 0.05) is 0 Å². The summed E-state index contributed by atoms with van der Waals surface area (Å²) in [6, 6.07) is 0. The zero-order valence-corrected chi connectivity index (χ0v) is 9.44. The Morgan fingerprint density at radius 2 is 1.92 bits per heavy atom. The van der Waals surface area contributed by atoms with Crippen molar-refractivity contribution in [1.82, 2.24) is 5.32 Å². The van der Waals surface area contributed by atoms with Gasteiger partial charge in [-0.2, -0.15) is 0 Å². The van der Waals surface area contributed by atoms with Crippen LogP contribution in [-0.2, 0) is 0 Å². The van der Waals surface area contributed by atoms with Crippen molar-refractivity contribution in [3.63, 3.8) is 0 Å². The number of rotatable bonds is 4. The fraction of sp³-hybridized carbons (Fsp3) is 1.00. The smallest absolute Gasteiger partial charge is 0.108 e. The minimum Gasteiger partial charge on any atom is -0.378 e. The van der Waals surface area contributed by atoms with Crippen LogP contribution in [0, 0.1) is 5.92 Å². The first-order valence-electron chi connectivity index (χ1n) is 5.21. The van der Waals surface area contributed by atoms with Crippen LogP contribution < -0.4 is 5.32 Å². The Labute approximate surface area is 85.5 Å². The summed E-state index contributed by atoms with van der Waals surface area (Å²) >= 11 is 1.75. The molecule has 78 valence electrons. The summed E-state index contributed by atoms with van der Waals surface area (Å²) in [5, 5.41) is 13.4. The monoisotopic (exact) mass is 203 g/mol. The molecule has 1 fully saturated rings. The normalized spacial score (nSPS) is 24.2. The number of aliphatic hydroxyl groups excluding tert-OH is 1. The second-order valence-corrected chi connectivity index (χ2v) is 5.07. The number of thioether (sulfide) groups is 1. The summed E-state index contributed by atoms with van der Waals surface area (Å²) in [5.41, 5.74) is 0. The third-order valence-corrected chi connectivity index (χ3v) is 3.70. The molecule has 13 heavy (non-hydrogen) atoms. The van der Waals surface area contributed by atoms with Crippen LogP contribution in [0.15, 0.2) is 0 Å². The Morgan fingerprint density at radius 1 is 1.31 bits per heavy atom. The van der Waals surface area contributed by atoms with Crippen molar-refractivity contribution in [2.75, 3.05) is 6.26 Å². The van der Waals surface area contributed by atoms with E-state index < -0.39 is 0 Å². The number of nitrogens with one attached hydrogen (secondary N) is 1. The quantitative estimate of drug-likeness (QED) is 0.687. The van der Waals surface area contributed by atoms with Crippen LogP contribution in [0.5, 0.6) is 0 Å². The highest BCUT2D eigenvalue weighted by atomic mass is 32.2. The zero-order chi connectivity index (χ0) is 9.68. The van der Waals surface area contributed by atoms with Gasteiger partial charge in [0.25, 0.3) is 0 Å². The highest BCUT2D eigenvalue weighted by Gasteiger charge is 2.22. The summed E-state index contributed by atoms with van der Waals surface area (Å²) < 4.78 is 0. The highest BCUT2D eigenvalue weighted by Crippen LogP contribution is 2.26. The van der Waals surface area contributed by atoms with E-state index in [9.17, 15) is 5.11 Å². The fourth-order valence-electron chi connectivity index (χ4n) is 1.89. The van der Waals surface area contributed by atoms with Crippen LogP contribution in [0.4, 0.5) is 0 Å². The maximum absolute atomic E-state index is 9.85. The van der Waals surface area contributed by atoms with Crippen LogP contribution in [0.1, 0.15) is 39.0 Å². The molecule has 0 aromatic rings. The molecule has 1 aliphatic rings. The van der Waals surface area contributed by atoms with Crippen molar-refractivity contribution >= 4 is 11.8 Å². The predicted molar refractivity (Wildman–Crippen MR) is 58.7 cm³/mol. The summed E-state index contributed by atoms with van der Waals surface area (Å²) in [6.45, 7) is 2.09. The van der Waals surface area contributed by atoms with Crippen molar-refractivity contribution in [3.05, 3.63) is 0 Å². The van der Waals surface area contributed by atoms with Gasteiger partial charge in [0.1, 0.15) is 6.23 Å². The third kappa shape index (κ3) is 3.88. The van der Waals surface area contributed by atoms with Crippen LogP contribution in [0.2, 0.25) is 0 Å². The van der Waals surface area contributed by atoms with E-state index in [0.29, 0.717) is 11.3 Å². The van der Waals surface area contributed by atoms with Gasteiger partial charge in [-0.1, -0.05) is 19.3 Å². The molecule has 1 aliphatic carbocycles. The molecule has 0 aliphatic heterocycles. The summed E-state index contributed by atoms with van der Waals surface area (Å²) in [6.07, 6.45) is 8.08.